The minimum absolute atomic E-state index is 0.119. The summed E-state index contributed by atoms with van der Waals surface area (Å²) in [7, 11) is 1.14. The summed E-state index contributed by atoms with van der Waals surface area (Å²) in [6.45, 7) is -1.81. The van der Waals surface area contributed by atoms with Gasteiger partial charge >= 0.3 is 12.1 Å². The Labute approximate surface area is 117 Å². The predicted molar refractivity (Wildman–Crippen MR) is 63.2 cm³/mol. The highest BCUT2D eigenvalue weighted by atomic mass is 19.4. The molecule has 3 N–H and O–H groups in total. The number of hydrogen-bond acceptors (Lipinski definition) is 6. The highest BCUT2D eigenvalue weighted by molar-refractivity contribution is 5.88. The summed E-state index contributed by atoms with van der Waals surface area (Å²) in [6.07, 6.45) is -4.33. The quantitative estimate of drug-likeness (QED) is 0.668. The summed E-state index contributed by atoms with van der Waals surface area (Å²) < 4.78 is 41.5. The molecule has 1 rings (SSSR count). The highest BCUT2D eigenvalue weighted by Gasteiger charge is 2.28. The van der Waals surface area contributed by atoms with E-state index < -0.39 is 31.1 Å². The van der Waals surface area contributed by atoms with Crippen LogP contribution in [0.15, 0.2) is 0 Å². The van der Waals surface area contributed by atoms with Crippen molar-refractivity contribution in [3.63, 3.8) is 0 Å². The number of hydrogen-bond donors (Lipinski definition) is 2. The standard InChI is InChI=1S/C10H14F3N5O3/c1-21-9(20)8-6(2-3-14)18(17-16-8)4-7(19)15-5-10(11,12)13/h2-5,14H2,1H3,(H,15,19). The van der Waals surface area contributed by atoms with E-state index in [1.54, 1.807) is 5.32 Å². The smallest absolute Gasteiger partial charge is 0.405 e. The molecule has 118 valence electrons. The van der Waals surface area contributed by atoms with E-state index in [2.05, 4.69) is 15.0 Å². The van der Waals surface area contributed by atoms with Crippen molar-refractivity contribution >= 4 is 11.9 Å². The summed E-state index contributed by atoms with van der Waals surface area (Å²) in [6, 6.07) is 0. The summed E-state index contributed by atoms with van der Waals surface area (Å²) in [5, 5.41) is 8.80. The van der Waals surface area contributed by atoms with Crippen LogP contribution in [0.5, 0.6) is 0 Å². The zero-order valence-electron chi connectivity index (χ0n) is 11.1. The number of nitrogens with two attached hydrogens (primary N) is 1. The number of aromatic nitrogens is 3. The fourth-order valence-electron chi connectivity index (χ4n) is 1.49. The Morgan fingerprint density at radius 3 is 2.62 bits per heavy atom. The molecule has 0 aliphatic carbocycles. The maximum absolute atomic E-state index is 12.0. The van der Waals surface area contributed by atoms with Gasteiger partial charge in [-0.15, -0.1) is 5.10 Å². The highest BCUT2D eigenvalue weighted by Crippen LogP contribution is 2.12. The molecule has 1 heterocycles. The Bertz CT molecular complexity index is 515. The Balaban J connectivity index is 2.81. The molecule has 0 aliphatic rings. The molecule has 0 saturated carbocycles. The first-order valence-corrected chi connectivity index (χ1v) is 5.82. The number of alkyl halides is 3. The van der Waals surface area contributed by atoms with Gasteiger partial charge in [-0.05, 0) is 6.54 Å². The van der Waals surface area contributed by atoms with Crippen molar-refractivity contribution in [2.75, 3.05) is 20.2 Å². The molecular weight excluding hydrogens is 295 g/mol. The molecule has 0 aliphatic heterocycles. The number of amides is 1. The largest absolute Gasteiger partial charge is 0.464 e. The Kier molecular flexibility index (Phi) is 5.64. The third-order valence-electron chi connectivity index (χ3n) is 2.38. The van der Waals surface area contributed by atoms with E-state index in [9.17, 15) is 22.8 Å². The van der Waals surface area contributed by atoms with Gasteiger partial charge in [0.2, 0.25) is 5.91 Å². The average molecular weight is 309 g/mol. The lowest BCUT2D eigenvalue weighted by Crippen LogP contribution is -2.36. The zero-order chi connectivity index (χ0) is 16.0. The molecule has 0 atom stereocenters. The van der Waals surface area contributed by atoms with Gasteiger partial charge in [0, 0.05) is 6.42 Å². The van der Waals surface area contributed by atoms with Crippen molar-refractivity contribution in [1.29, 1.82) is 0 Å². The summed E-state index contributed by atoms with van der Waals surface area (Å²) in [4.78, 5) is 22.9. The van der Waals surface area contributed by atoms with Crippen molar-refractivity contribution in [3.05, 3.63) is 11.4 Å². The minimum atomic E-state index is -4.50. The van der Waals surface area contributed by atoms with Crippen LogP contribution >= 0.6 is 0 Å². The topological polar surface area (TPSA) is 112 Å². The molecule has 1 aromatic heterocycles. The first kappa shape index (κ1) is 16.9. The zero-order valence-corrected chi connectivity index (χ0v) is 11.1. The van der Waals surface area contributed by atoms with E-state index in [1.807, 2.05) is 0 Å². The van der Waals surface area contributed by atoms with Crippen molar-refractivity contribution in [2.45, 2.75) is 19.1 Å². The molecule has 1 aromatic rings. The summed E-state index contributed by atoms with van der Waals surface area (Å²) >= 11 is 0. The van der Waals surface area contributed by atoms with Crippen LogP contribution in [0, 0.1) is 0 Å². The fraction of sp³-hybridized carbons (Fsp3) is 0.600. The monoisotopic (exact) mass is 309 g/mol. The number of carbonyl (C=O) groups excluding carboxylic acids is 2. The van der Waals surface area contributed by atoms with Gasteiger partial charge in [0.25, 0.3) is 0 Å². The van der Waals surface area contributed by atoms with Crippen LogP contribution in [0.25, 0.3) is 0 Å². The third kappa shape index (κ3) is 5.02. The fourth-order valence-corrected chi connectivity index (χ4v) is 1.49. The lowest BCUT2D eigenvalue weighted by molar-refractivity contribution is -0.138. The first-order valence-electron chi connectivity index (χ1n) is 5.82. The molecule has 0 spiro atoms. The molecule has 0 radical (unpaired) electrons. The average Bonchev–Trinajstić information content (AvgIpc) is 2.78. The number of nitrogens with one attached hydrogen (secondary N) is 1. The molecule has 0 unspecified atom stereocenters. The van der Waals surface area contributed by atoms with Crippen LogP contribution < -0.4 is 11.1 Å². The van der Waals surface area contributed by atoms with Crippen LogP contribution in [0.4, 0.5) is 13.2 Å². The van der Waals surface area contributed by atoms with Gasteiger partial charge in [-0.2, -0.15) is 13.2 Å². The van der Waals surface area contributed by atoms with Crippen molar-refractivity contribution in [2.24, 2.45) is 5.73 Å². The van der Waals surface area contributed by atoms with E-state index in [1.165, 1.54) is 0 Å². The molecule has 1 amide bonds. The number of carbonyl (C=O) groups is 2. The van der Waals surface area contributed by atoms with Crippen LogP contribution in [0.2, 0.25) is 0 Å². The van der Waals surface area contributed by atoms with Gasteiger partial charge in [-0.25, -0.2) is 9.48 Å². The van der Waals surface area contributed by atoms with E-state index in [4.69, 9.17) is 5.73 Å². The van der Waals surface area contributed by atoms with Crippen LogP contribution in [-0.2, 0) is 22.5 Å². The second kappa shape index (κ2) is 7.02. The summed E-state index contributed by atoms with van der Waals surface area (Å²) in [5.74, 6) is -1.67. The van der Waals surface area contributed by atoms with Crippen molar-refractivity contribution in [1.82, 2.24) is 20.3 Å². The normalized spacial score (nSPS) is 11.3. The molecule has 0 aromatic carbocycles. The number of ether oxygens (including phenoxy) is 1. The Hall–Kier alpha value is -2.17. The van der Waals surface area contributed by atoms with Gasteiger partial charge in [-0.3, -0.25) is 4.79 Å². The number of nitrogens with zero attached hydrogens (tertiary/aromatic N) is 3. The van der Waals surface area contributed by atoms with Gasteiger partial charge in [0.15, 0.2) is 5.69 Å². The van der Waals surface area contributed by atoms with Gasteiger partial charge in [0.1, 0.15) is 13.1 Å². The first-order chi connectivity index (χ1) is 9.78. The maximum atomic E-state index is 12.0. The Morgan fingerprint density at radius 2 is 2.10 bits per heavy atom. The summed E-state index contributed by atoms with van der Waals surface area (Å²) in [5.41, 5.74) is 5.48. The van der Waals surface area contributed by atoms with Crippen LogP contribution in [-0.4, -0.2) is 53.2 Å². The van der Waals surface area contributed by atoms with Gasteiger partial charge in [0.05, 0.1) is 12.8 Å². The van der Waals surface area contributed by atoms with E-state index in [0.29, 0.717) is 0 Å². The lowest BCUT2D eigenvalue weighted by Gasteiger charge is -2.09. The number of esters is 1. The number of halogens is 3. The Morgan fingerprint density at radius 1 is 1.43 bits per heavy atom. The number of methoxy groups -OCH3 is 1. The lowest BCUT2D eigenvalue weighted by atomic mass is 10.2. The van der Waals surface area contributed by atoms with Crippen molar-refractivity contribution in [3.8, 4) is 0 Å². The maximum Gasteiger partial charge on any atom is 0.405 e. The van der Waals surface area contributed by atoms with E-state index in [0.717, 1.165) is 11.8 Å². The SMILES string of the molecule is COC(=O)c1nnn(CC(=O)NCC(F)(F)F)c1CCN. The molecule has 0 fully saturated rings. The second-order valence-corrected chi connectivity index (χ2v) is 3.96. The van der Waals surface area contributed by atoms with Crippen LogP contribution in [0.1, 0.15) is 16.2 Å². The van der Waals surface area contributed by atoms with E-state index in [-0.39, 0.29) is 24.4 Å². The predicted octanol–water partition coefficient (Wildman–Crippen LogP) is -0.756. The molecule has 11 heteroatoms. The van der Waals surface area contributed by atoms with Gasteiger partial charge < -0.3 is 15.8 Å². The molecule has 0 bridgehead atoms. The van der Waals surface area contributed by atoms with Crippen LogP contribution in [0.3, 0.4) is 0 Å². The molecule has 8 nitrogen and oxygen atoms in total. The minimum Gasteiger partial charge on any atom is -0.464 e. The molecule has 0 saturated heterocycles. The second-order valence-electron chi connectivity index (χ2n) is 3.96. The van der Waals surface area contributed by atoms with Gasteiger partial charge in [-0.1, -0.05) is 5.21 Å². The third-order valence-corrected chi connectivity index (χ3v) is 2.38. The molecular formula is C10H14F3N5O3. The number of rotatable bonds is 6. The van der Waals surface area contributed by atoms with E-state index >= 15 is 0 Å². The van der Waals surface area contributed by atoms with Crippen molar-refractivity contribution < 1.29 is 27.5 Å². The molecule has 21 heavy (non-hydrogen) atoms.